The van der Waals surface area contributed by atoms with E-state index < -0.39 is 5.41 Å². The third kappa shape index (κ3) is 3.28. The van der Waals surface area contributed by atoms with E-state index in [0.717, 1.165) is 25.9 Å². The van der Waals surface area contributed by atoms with Crippen LogP contribution < -0.4 is 5.73 Å². The molecule has 0 aromatic rings. The predicted octanol–water partition coefficient (Wildman–Crippen LogP) is 1.83. The van der Waals surface area contributed by atoms with Crippen molar-refractivity contribution in [2.24, 2.45) is 16.6 Å². The lowest BCUT2D eigenvalue weighted by atomic mass is 9.63. The van der Waals surface area contributed by atoms with Crippen LogP contribution in [0.5, 0.6) is 0 Å². The Morgan fingerprint density at radius 3 is 2.41 bits per heavy atom. The molecule has 130 valence electrons. The molecule has 0 radical (unpaired) electrons. The second kappa shape index (κ2) is 7.47. The highest BCUT2D eigenvalue weighted by Gasteiger charge is 2.54. The van der Waals surface area contributed by atoms with Crippen LogP contribution in [0.25, 0.3) is 0 Å². The zero-order valence-electron chi connectivity index (χ0n) is 14.3. The van der Waals surface area contributed by atoms with Gasteiger partial charge in [0.1, 0.15) is 0 Å². The third-order valence-electron chi connectivity index (χ3n) is 5.58. The number of hydrogen-bond acceptors (Lipinski definition) is 4. The number of ether oxygens (including phenoxy) is 2. The van der Waals surface area contributed by atoms with E-state index in [1.165, 1.54) is 0 Å². The summed E-state index contributed by atoms with van der Waals surface area (Å²) in [7, 11) is 1.92. The van der Waals surface area contributed by atoms with Gasteiger partial charge in [-0.3, -0.25) is 4.79 Å². The number of halogens is 1. The number of nitrogens with zero attached hydrogens (tertiary/aromatic N) is 1. The normalized spacial score (nSPS) is 29.1. The third-order valence-corrected chi connectivity index (χ3v) is 5.58. The van der Waals surface area contributed by atoms with Gasteiger partial charge in [-0.1, -0.05) is 13.8 Å². The molecule has 0 spiro atoms. The summed E-state index contributed by atoms with van der Waals surface area (Å²) in [6.45, 7) is 8.78. The maximum absolute atomic E-state index is 13.0. The summed E-state index contributed by atoms with van der Waals surface area (Å²) >= 11 is 0. The summed E-state index contributed by atoms with van der Waals surface area (Å²) < 4.78 is 11.2. The fourth-order valence-electron chi connectivity index (χ4n) is 3.79. The zero-order chi connectivity index (χ0) is 15.7. The Morgan fingerprint density at radius 2 is 1.95 bits per heavy atom. The van der Waals surface area contributed by atoms with Gasteiger partial charge in [0.2, 0.25) is 5.91 Å². The lowest BCUT2D eigenvalue weighted by Gasteiger charge is -2.56. The number of carbonyl (C=O) groups is 1. The molecule has 22 heavy (non-hydrogen) atoms. The highest BCUT2D eigenvalue weighted by Crippen LogP contribution is 2.46. The van der Waals surface area contributed by atoms with Crippen molar-refractivity contribution in [2.45, 2.75) is 52.2 Å². The van der Waals surface area contributed by atoms with E-state index in [-0.39, 0.29) is 35.9 Å². The molecule has 2 atom stereocenters. The molecule has 2 unspecified atom stereocenters. The number of amides is 1. The van der Waals surface area contributed by atoms with Gasteiger partial charge in [-0.05, 0) is 26.2 Å². The van der Waals surface area contributed by atoms with Crippen molar-refractivity contribution in [1.29, 1.82) is 0 Å². The summed E-state index contributed by atoms with van der Waals surface area (Å²) in [6, 6.07) is 0.229. The van der Waals surface area contributed by atoms with Crippen LogP contribution >= 0.6 is 12.4 Å². The molecule has 0 aromatic heterocycles. The molecule has 1 aliphatic carbocycles. The van der Waals surface area contributed by atoms with Crippen LogP contribution in [0.1, 0.15) is 40.0 Å². The van der Waals surface area contributed by atoms with Crippen LogP contribution in [0, 0.1) is 10.8 Å². The molecule has 2 N–H and O–H groups in total. The summed E-state index contributed by atoms with van der Waals surface area (Å²) in [5.41, 5.74) is 5.52. The Bertz CT molecular complexity index is 384. The Morgan fingerprint density at radius 1 is 1.36 bits per heavy atom. The second-order valence-electron chi connectivity index (χ2n) is 7.03. The molecule has 1 heterocycles. The van der Waals surface area contributed by atoms with E-state index in [2.05, 4.69) is 13.8 Å². The maximum atomic E-state index is 13.0. The summed E-state index contributed by atoms with van der Waals surface area (Å²) in [4.78, 5) is 14.9. The Labute approximate surface area is 140 Å². The molecule has 1 saturated carbocycles. The molecule has 0 bridgehead atoms. The Balaban J connectivity index is 0.00000242. The van der Waals surface area contributed by atoms with Crippen LogP contribution in [-0.4, -0.2) is 56.4 Å². The molecule has 5 nitrogen and oxygen atoms in total. The fourth-order valence-corrected chi connectivity index (χ4v) is 3.79. The van der Waals surface area contributed by atoms with E-state index in [9.17, 15) is 4.79 Å². The molecular weight excluding hydrogens is 304 g/mol. The first kappa shape index (κ1) is 19.7. The Kier molecular flexibility index (Phi) is 6.69. The van der Waals surface area contributed by atoms with Gasteiger partial charge in [-0.15, -0.1) is 12.4 Å². The van der Waals surface area contributed by atoms with Gasteiger partial charge in [0.25, 0.3) is 0 Å². The van der Waals surface area contributed by atoms with Crippen molar-refractivity contribution >= 4 is 18.3 Å². The van der Waals surface area contributed by atoms with Crippen LogP contribution in [0.4, 0.5) is 0 Å². The number of rotatable bonds is 5. The van der Waals surface area contributed by atoms with Crippen molar-refractivity contribution in [1.82, 2.24) is 4.90 Å². The van der Waals surface area contributed by atoms with E-state index in [4.69, 9.17) is 15.2 Å². The number of hydrogen-bond donors (Lipinski definition) is 1. The SMILES string of the molecule is CCOC1CC(N(C)C(=O)C2(CN)CCOCC2)C1(C)C.Cl. The summed E-state index contributed by atoms with van der Waals surface area (Å²) in [6.07, 6.45) is 2.62. The van der Waals surface area contributed by atoms with Crippen molar-refractivity contribution in [3.8, 4) is 0 Å². The zero-order valence-corrected chi connectivity index (χ0v) is 15.1. The standard InChI is InChI=1S/C16H30N2O3.ClH/c1-5-21-13-10-12(15(13,2)3)18(4)14(19)16(11-17)6-8-20-9-7-16;/h12-13H,5-11,17H2,1-4H3;1H. The van der Waals surface area contributed by atoms with E-state index >= 15 is 0 Å². The minimum absolute atomic E-state index is 0. The van der Waals surface area contributed by atoms with Crippen LogP contribution in [0.3, 0.4) is 0 Å². The van der Waals surface area contributed by atoms with Gasteiger partial charge < -0.3 is 20.1 Å². The molecule has 1 aliphatic heterocycles. The van der Waals surface area contributed by atoms with Crippen molar-refractivity contribution in [2.75, 3.05) is 33.4 Å². The Hall–Kier alpha value is -0.360. The van der Waals surface area contributed by atoms with E-state index in [0.29, 0.717) is 19.8 Å². The van der Waals surface area contributed by atoms with Crippen molar-refractivity contribution < 1.29 is 14.3 Å². The summed E-state index contributed by atoms with van der Waals surface area (Å²) in [5.74, 6) is 0.182. The smallest absolute Gasteiger partial charge is 0.230 e. The first-order valence-corrected chi connectivity index (χ1v) is 8.05. The quantitative estimate of drug-likeness (QED) is 0.833. The van der Waals surface area contributed by atoms with Crippen LogP contribution in [-0.2, 0) is 14.3 Å². The molecular formula is C16H31ClN2O3. The topological polar surface area (TPSA) is 64.8 Å². The lowest BCUT2D eigenvalue weighted by molar-refractivity contribution is -0.174. The number of carbonyl (C=O) groups excluding carboxylic acids is 1. The van der Waals surface area contributed by atoms with Gasteiger partial charge in [0.15, 0.2) is 0 Å². The predicted molar refractivity (Wildman–Crippen MR) is 89.2 cm³/mol. The first-order valence-electron chi connectivity index (χ1n) is 8.05. The largest absolute Gasteiger partial charge is 0.381 e. The molecule has 1 saturated heterocycles. The minimum Gasteiger partial charge on any atom is -0.381 e. The molecule has 2 rings (SSSR count). The average Bonchev–Trinajstić information content (AvgIpc) is 2.50. The van der Waals surface area contributed by atoms with Gasteiger partial charge >= 0.3 is 0 Å². The van der Waals surface area contributed by atoms with Gasteiger partial charge in [-0.25, -0.2) is 0 Å². The monoisotopic (exact) mass is 334 g/mol. The van der Waals surface area contributed by atoms with E-state index in [1.54, 1.807) is 0 Å². The van der Waals surface area contributed by atoms with Crippen LogP contribution in [0.15, 0.2) is 0 Å². The number of nitrogens with two attached hydrogens (primary N) is 1. The summed E-state index contributed by atoms with van der Waals surface area (Å²) in [5, 5.41) is 0. The van der Waals surface area contributed by atoms with Crippen molar-refractivity contribution in [3.63, 3.8) is 0 Å². The van der Waals surface area contributed by atoms with Gasteiger partial charge in [-0.2, -0.15) is 0 Å². The maximum Gasteiger partial charge on any atom is 0.230 e. The minimum atomic E-state index is -0.431. The van der Waals surface area contributed by atoms with E-state index in [1.807, 2.05) is 18.9 Å². The van der Waals surface area contributed by atoms with Crippen LogP contribution in [0.2, 0.25) is 0 Å². The molecule has 2 aliphatic rings. The fraction of sp³-hybridized carbons (Fsp3) is 0.938. The highest BCUT2D eigenvalue weighted by molar-refractivity contribution is 5.85. The van der Waals surface area contributed by atoms with Gasteiger partial charge in [0.05, 0.1) is 11.5 Å². The van der Waals surface area contributed by atoms with Gasteiger partial charge in [0, 0.05) is 44.9 Å². The van der Waals surface area contributed by atoms with Crippen molar-refractivity contribution in [3.05, 3.63) is 0 Å². The first-order chi connectivity index (χ1) is 9.89. The second-order valence-corrected chi connectivity index (χ2v) is 7.03. The molecule has 6 heteroatoms. The highest BCUT2D eigenvalue weighted by atomic mass is 35.5. The lowest BCUT2D eigenvalue weighted by Crippen LogP contribution is -2.64. The molecule has 1 amide bonds. The average molecular weight is 335 g/mol. The molecule has 0 aromatic carbocycles. The molecule has 2 fully saturated rings.